The van der Waals surface area contributed by atoms with Crippen LogP contribution in [0.2, 0.25) is 0 Å². The van der Waals surface area contributed by atoms with Crippen LogP contribution in [-0.2, 0) is 14.6 Å². The van der Waals surface area contributed by atoms with Crippen LogP contribution >= 0.6 is 27.3 Å². The third-order valence-corrected chi connectivity index (χ3v) is 8.19. The molecule has 1 fully saturated rings. The number of carbonyl (C=O) groups is 1. The van der Waals surface area contributed by atoms with E-state index >= 15 is 4.39 Å². The van der Waals surface area contributed by atoms with E-state index in [2.05, 4.69) is 41.5 Å². The van der Waals surface area contributed by atoms with Gasteiger partial charge in [0.05, 0.1) is 33.5 Å². The summed E-state index contributed by atoms with van der Waals surface area (Å²) in [4.78, 5) is 25.3. The van der Waals surface area contributed by atoms with E-state index in [0.29, 0.717) is 39.0 Å². The van der Waals surface area contributed by atoms with Crippen LogP contribution in [0.4, 0.5) is 16.0 Å². The zero-order valence-electron chi connectivity index (χ0n) is 16.9. The molecule has 0 spiro atoms. The minimum absolute atomic E-state index is 0.0341. The second-order valence-electron chi connectivity index (χ2n) is 7.33. The molecule has 4 rings (SSSR count). The third kappa shape index (κ3) is 5.13. The SMILES string of the molecule is CC(=O)Nc1cccc(-c2nc(Br)sc2-c2ccnc(NC3CCS(=O)(=O)CC3)n2)c1F. The monoisotopic (exact) mass is 539 g/mol. The molecule has 1 saturated heterocycles. The Morgan fingerprint density at radius 2 is 1.97 bits per heavy atom. The van der Waals surface area contributed by atoms with Gasteiger partial charge in [-0.3, -0.25) is 4.79 Å². The van der Waals surface area contributed by atoms with Crippen molar-refractivity contribution in [1.29, 1.82) is 0 Å². The summed E-state index contributed by atoms with van der Waals surface area (Å²) in [6.07, 6.45) is 2.58. The highest BCUT2D eigenvalue weighted by atomic mass is 79.9. The highest BCUT2D eigenvalue weighted by molar-refractivity contribution is 9.11. The number of hydrogen-bond acceptors (Lipinski definition) is 8. The number of aromatic nitrogens is 3. The molecule has 1 aromatic carbocycles. The van der Waals surface area contributed by atoms with E-state index in [4.69, 9.17) is 0 Å². The standard InChI is InChI=1S/C20H19BrFN5O3S2/c1-11(28)24-14-4-2-3-13(16(14)22)17-18(31-19(21)27-17)15-5-8-23-20(26-15)25-12-6-9-32(29,30)10-7-12/h2-5,8,12H,6-7,9-10H2,1H3,(H,24,28)(H,23,25,26). The molecule has 0 saturated carbocycles. The molecule has 2 aromatic heterocycles. The van der Waals surface area contributed by atoms with Crippen LogP contribution in [0.1, 0.15) is 19.8 Å². The smallest absolute Gasteiger partial charge is 0.223 e. The topological polar surface area (TPSA) is 114 Å². The van der Waals surface area contributed by atoms with Gasteiger partial charge < -0.3 is 10.6 Å². The maximum Gasteiger partial charge on any atom is 0.223 e. The number of rotatable bonds is 5. The molecule has 8 nitrogen and oxygen atoms in total. The number of nitrogens with one attached hydrogen (secondary N) is 2. The Hall–Kier alpha value is -2.44. The van der Waals surface area contributed by atoms with E-state index in [0.717, 1.165) is 0 Å². The lowest BCUT2D eigenvalue weighted by Gasteiger charge is -2.23. The summed E-state index contributed by atoms with van der Waals surface area (Å²) in [5.41, 5.74) is 1.25. The van der Waals surface area contributed by atoms with Gasteiger partial charge in [-0.15, -0.1) is 11.3 Å². The van der Waals surface area contributed by atoms with Crippen LogP contribution in [0.5, 0.6) is 0 Å². The molecule has 1 aliphatic rings. The van der Waals surface area contributed by atoms with Gasteiger partial charge >= 0.3 is 0 Å². The molecule has 0 bridgehead atoms. The number of carbonyl (C=O) groups excluding carboxylic acids is 1. The molecule has 1 amide bonds. The minimum Gasteiger partial charge on any atom is -0.351 e. The zero-order valence-corrected chi connectivity index (χ0v) is 20.2. The van der Waals surface area contributed by atoms with E-state index in [1.54, 1.807) is 24.4 Å². The van der Waals surface area contributed by atoms with Crippen molar-refractivity contribution in [2.45, 2.75) is 25.8 Å². The van der Waals surface area contributed by atoms with Crippen molar-refractivity contribution in [2.75, 3.05) is 22.1 Å². The lowest BCUT2D eigenvalue weighted by atomic mass is 10.1. The normalized spacial score (nSPS) is 16.0. The Morgan fingerprint density at radius 3 is 2.69 bits per heavy atom. The fraction of sp³-hybridized carbons (Fsp3) is 0.300. The summed E-state index contributed by atoms with van der Waals surface area (Å²) >= 11 is 4.67. The molecule has 0 unspecified atom stereocenters. The van der Waals surface area contributed by atoms with E-state index in [1.807, 2.05) is 0 Å². The van der Waals surface area contributed by atoms with Crippen molar-refractivity contribution in [3.63, 3.8) is 0 Å². The Balaban J connectivity index is 1.65. The third-order valence-electron chi connectivity index (χ3n) is 4.94. The van der Waals surface area contributed by atoms with Crippen LogP contribution in [0, 0.1) is 5.82 Å². The number of anilines is 2. The first-order valence-corrected chi connectivity index (χ1v) is 13.2. The van der Waals surface area contributed by atoms with Gasteiger partial charge in [-0.25, -0.2) is 27.8 Å². The summed E-state index contributed by atoms with van der Waals surface area (Å²) in [5.74, 6) is -0.310. The zero-order chi connectivity index (χ0) is 22.9. The number of amides is 1. The molecule has 0 aliphatic carbocycles. The van der Waals surface area contributed by atoms with E-state index in [9.17, 15) is 13.2 Å². The number of hydrogen-bond donors (Lipinski definition) is 2. The first kappa shape index (κ1) is 22.7. The highest BCUT2D eigenvalue weighted by Crippen LogP contribution is 2.40. The molecule has 32 heavy (non-hydrogen) atoms. The van der Waals surface area contributed by atoms with Gasteiger partial charge in [-0.1, -0.05) is 6.07 Å². The van der Waals surface area contributed by atoms with Crippen LogP contribution in [0.25, 0.3) is 21.8 Å². The molecule has 3 aromatic rings. The number of halogens is 2. The number of sulfone groups is 1. The predicted molar refractivity (Wildman–Crippen MR) is 126 cm³/mol. The second kappa shape index (κ2) is 9.20. The van der Waals surface area contributed by atoms with E-state index in [1.165, 1.54) is 24.3 Å². The van der Waals surface area contributed by atoms with Gasteiger partial charge in [-0.05, 0) is 47.0 Å². The minimum atomic E-state index is -2.96. The molecular formula is C20H19BrFN5O3S2. The van der Waals surface area contributed by atoms with Gasteiger partial charge in [0.2, 0.25) is 11.9 Å². The average Bonchev–Trinajstić information content (AvgIpc) is 3.12. The molecule has 168 valence electrons. The average molecular weight is 540 g/mol. The van der Waals surface area contributed by atoms with Crippen molar-refractivity contribution in [2.24, 2.45) is 0 Å². The molecule has 12 heteroatoms. The number of nitrogens with zero attached hydrogens (tertiary/aromatic N) is 3. The van der Waals surface area contributed by atoms with Gasteiger partial charge in [-0.2, -0.15) is 0 Å². The Labute approximate surface area is 196 Å². The van der Waals surface area contributed by atoms with Crippen LogP contribution in [0.3, 0.4) is 0 Å². The van der Waals surface area contributed by atoms with E-state index in [-0.39, 0.29) is 34.7 Å². The Bertz CT molecular complexity index is 1270. The largest absolute Gasteiger partial charge is 0.351 e. The molecule has 2 N–H and O–H groups in total. The fourth-order valence-electron chi connectivity index (χ4n) is 3.42. The summed E-state index contributed by atoms with van der Waals surface area (Å²) in [7, 11) is -2.96. The maximum absolute atomic E-state index is 15.1. The highest BCUT2D eigenvalue weighted by Gasteiger charge is 2.25. The summed E-state index contributed by atoms with van der Waals surface area (Å²) < 4.78 is 39.0. The van der Waals surface area contributed by atoms with Gasteiger partial charge in [0.25, 0.3) is 0 Å². The fourth-order valence-corrected chi connectivity index (χ4v) is 6.35. The summed E-state index contributed by atoms with van der Waals surface area (Å²) in [6.45, 7) is 1.31. The van der Waals surface area contributed by atoms with E-state index < -0.39 is 15.7 Å². The maximum atomic E-state index is 15.1. The Morgan fingerprint density at radius 1 is 1.22 bits per heavy atom. The van der Waals surface area contributed by atoms with Crippen molar-refractivity contribution in [1.82, 2.24) is 15.0 Å². The van der Waals surface area contributed by atoms with Crippen molar-refractivity contribution in [3.8, 4) is 21.8 Å². The van der Waals surface area contributed by atoms with Crippen molar-refractivity contribution < 1.29 is 17.6 Å². The van der Waals surface area contributed by atoms with Crippen molar-refractivity contribution in [3.05, 3.63) is 40.2 Å². The number of benzene rings is 1. The van der Waals surface area contributed by atoms with Crippen LogP contribution < -0.4 is 10.6 Å². The molecule has 0 atom stereocenters. The molecule has 1 aliphatic heterocycles. The van der Waals surface area contributed by atoms with Crippen molar-refractivity contribution >= 4 is 54.6 Å². The lowest BCUT2D eigenvalue weighted by Crippen LogP contribution is -2.32. The van der Waals surface area contributed by atoms with Gasteiger partial charge in [0.15, 0.2) is 9.73 Å². The van der Waals surface area contributed by atoms with Gasteiger partial charge in [0.1, 0.15) is 9.84 Å². The number of thiazole rings is 1. The first-order chi connectivity index (χ1) is 15.2. The summed E-state index contributed by atoms with van der Waals surface area (Å²) in [5, 5.41) is 5.68. The Kier molecular flexibility index (Phi) is 6.54. The second-order valence-corrected chi connectivity index (χ2v) is 11.9. The quantitative estimate of drug-likeness (QED) is 0.501. The lowest BCUT2D eigenvalue weighted by molar-refractivity contribution is -0.114. The molecular weight excluding hydrogens is 521 g/mol. The summed E-state index contributed by atoms with van der Waals surface area (Å²) in [6, 6.07) is 6.39. The first-order valence-electron chi connectivity index (χ1n) is 9.75. The molecule has 3 heterocycles. The van der Waals surface area contributed by atoms with Gasteiger partial charge in [0, 0.05) is 24.7 Å². The van der Waals surface area contributed by atoms with Crippen LogP contribution in [0.15, 0.2) is 34.4 Å². The van der Waals surface area contributed by atoms with Crippen LogP contribution in [-0.4, -0.2) is 46.8 Å². The molecule has 0 radical (unpaired) electrons. The predicted octanol–water partition coefficient (Wildman–Crippen LogP) is 4.12.